The molecular formula is C30H39N5O8. The number of aryl methyl sites for hydroxylation is 1. The van der Waals surface area contributed by atoms with Crippen molar-refractivity contribution >= 4 is 35.2 Å². The molecule has 0 aliphatic carbocycles. The van der Waals surface area contributed by atoms with E-state index in [0.29, 0.717) is 55.5 Å². The lowest BCUT2D eigenvalue weighted by Crippen LogP contribution is -2.57. The highest BCUT2D eigenvalue weighted by Gasteiger charge is 2.48. The summed E-state index contributed by atoms with van der Waals surface area (Å²) in [5, 5.41) is 26.6. The second-order valence-corrected chi connectivity index (χ2v) is 10.6. The first-order valence-corrected chi connectivity index (χ1v) is 14.2. The first-order chi connectivity index (χ1) is 20.6. The highest BCUT2D eigenvalue weighted by atomic mass is 16.5. The van der Waals surface area contributed by atoms with Crippen LogP contribution >= 0.6 is 0 Å². The molecule has 3 atom stereocenters. The van der Waals surface area contributed by atoms with E-state index < -0.39 is 36.1 Å². The molecule has 2 fully saturated rings. The molecule has 0 spiro atoms. The van der Waals surface area contributed by atoms with Gasteiger partial charge in [-0.3, -0.25) is 19.3 Å². The van der Waals surface area contributed by atoms with Gasteiger partial charge >= 0.3 is 12.0 Å². The number of likely N-dealkylation sites (tertiary alicyclic amines) is 1. The minimum atomic E-state index is -1.43. The number of anilines is 2. The van der Waals surface area contributed by atoms with Crippen LogP contribution in [0.15, 0.2) is 42.5 Å². The van der Waals surface area contributed by atoms with Crippen LogP contribution in [0.1, 0.15) is 18.1 Å². The van der Waals surface area contributed by atoms with E-state index in [0.717, 1.165) is 5.56 Å². The van der Waals surface area contributed by atoms with E-state index in [-0.39, 0.29) is 25.5 Å². The van der Waals surface area contributed by atoms with Crippen molar-refractivity contribution in [2.75, 3.05) is 63.6 Å². The zero-order chi connectivity index (χ0) is 31.1. The zero-order valence-electron chi connectivity index (χ0n) is 24.6. The van der Waals surface area contributed by atoms with Gasteiger partial charge in [-0.15, -0.1) is 0 Å². The number of carbonyl (C=O) groups excluding carboxylic acids is 4. The number of hydrogen-bond acceptors (Lipinski definition) is 9. The van der Waals surface area contributed by atoms with E-state index in [1.807, 2.05) is 30.0 Å². The van der Waals surface area contributed by atoms with Crippen molar-refractivity contribution in [1.29, 1.82) is 0 Å². The van der Waals surface area contributed by atoms with E-state index in [1.54, 1.807) is 36.1 Å². The number of nitrogens with zero attached hydrogens (tertiary/aromatic N) is 3. The summed E-state index contributed by atoms with van der Waals surface area (Å²) in [5.41, 5.74) is 2.52. The molecule has 232 valence electrons. The Morgan fingerprint density at radius 1 is 0.977 bits per heavy atom. The Hall–Kier alpha value is -4.20. The average Bonchev–Trinajstić information content (AvgIpc) is 3.29. The van der Waals surface area contributed by atoms with E-state index in [1.165, 1.54) is 12.0 Å². The van der Waals surface area contributed by atoms with Crippen LogP contribution in [-0.4, -0.2) is 120 Å². The lowest BCUT2D eigenvalue weighted by molar-refractivity contribution is -0.149. The Bertz CT molecular complexity index is 1330. The predicted octanol–water partition coefficient (Wildman–Crippen LogP) is 0.830. The van der Waals surface area contributed by atoms with Gasteiger partial charge in [-0.05, 0) is 43.2 Å². The maximum absolute atomic E-state index is 13.4. The van der Waals surface area contributed by atoms with Crippen molar-refractivity contribution in [1.82, 2.24) is 14.7 Å². The number of ether oxygens (including phenoxy) is 2. The minimum Gasteiger partial charge on any atom is -0.495 e. The van der Waals surface area contributed by atoms with Gasteiger partial charge in [0.2, 0.25) is 11.8 Å². The SMILES string of the molecule is CCOC(=O)CN1CCN(C(=O)C2C(O)C(O)CN2C(=O)Cc2ccc(NC(=O)Nc3ccccc3C)c(OC)c2)CC1. The van der Waals surface area contributed by atoms with E-state index in [2.05, 4.69) is 10.6 Å². The molecule has 4 rings (SSSR count). The van der Waals surface area contributed by atoms with Crippen LogP contribution in [-0.2, 0) is 25.5 Å². The summed E-state index contributed by atoms with van der Waals surface area (Å²) in [6, 6.07) is 10.6. The van der Waals surface area contributed by atoms with Crippen molar-refractivity contribution in [2.24, 2.45) is 0 Å². The molecular weight excluding hydrogens is 558 g/mol. The first kappa shape index (κ1) is 31.7. The van der Waals surface area contributed by atoms with Crippen LogP contribution < -0.4 is 15.4 Å². The Morgan fingerprint density at radius 2 is 1.67 bits per heavy atom. The van der Waals surface area contributed by atoms with Crippen LogP contribution in [0.25, 0.3) is 0 Å². The maximum Gasteiger partial charge on any atom is 0.323 e. The Balaban J connectivity index is 1.38. The van der Waals surface area contributed by atoms with E-state index in [4.69, 9.17) is 9.47 Å². The van der Waals surface area contributed by atoms with Gasteiger partial charge in [0.25, 0.3) is 0 Å². The third-order valence-corrected chi connectivity index (χ3v) is 7.62. The number of aliphatic hydroxyl groups excluding tert-OH is 2. The highest BCUT2D eigenvalue weighted by molar-refractivity contribution is 6.01. The number of amides is 4. The lowest BCUT2D eigenvalue weighted by Gasteiger charge is -2.37. The number of para-hydroxylation sites is 1. The Morgan fingerprint density at radius 3 is 2.35 bits per heavy atom. The van der Waals surface area contributed by atoms with Gasteiger partial charge in [0.15, 0.2) is 0 Å². The molecule has 2 aliphatic heterocycles. The van der Waals surface area contributed by atoms with Gasteiger partial charge in [-0.25, -0.2) is 4.79 Å². The standard InChI is InChI=1S/C30H39N5O8/c1-4-43-26(38)18-33-11-13-34(14-12-33)29(40)27-28(39)23(36)17-35(27)25(37)16-20-9-10-22(24(15-20)42-3)32-30(41)31-21-8-6-5-7-19(21)2/h5-10,15,23,27-28,36,39H,4,11-14,16-18H2,1-3H3,(H2,31,32,41). The molecule has 0 aromatic heterocycles. The number of methoxy groups -OCH3 is 1. The molecule has 4 N–H and O–H groups in total. The normalized spacial score (nSPS) is 20.4. The zero-order valence-corrected chi connectivity index (χ0v) is 24.6. The molecule has 2 aromatic carbocycles. The molecule has 0 bridgehead atoms. The fraction of sp³-hybridized carbons (Fsp3) is 0.467. The fourth-order valence-corrected chi connectivity index (χ4v) is 5.27. The number of rotatable bonds is 9. The molecule has 2 heterocycles. The molecule has 0 saturated carbocycles. The number of urea groups is 1. The van der Waals surface area contributed by atoms with Gasteiger partial charge in [-0.2, -0.15) is 0 Å². The molecule has 13 nitrogen and oxygen atoms in total. The lowest BCUT2D eigenvalue weighted by atomic mass is 10.1. The van der Waals surface area contributed by atoms with Crippen molar-refractivity contribution in [3.05, 3.63) is 53.6 Å². The summed E-state index contributed by atoms with van der Waals surface area (Å²) in [7, 11) is 1.44. The molecule has 13 heteroatoms. The number of piperazine rings is 1. The summed E-state index contributed by atoms with van der Waals surface area (Å²) in [5.74, 6) is -0.903. The third-order valence-electron chi connectivity index (χ3n) is 7.62. The van der Waals surface area contributed by atoms with E-state index in [9.17, 15) is 29.4 Å². The second kappa shape index (κ2) is 14.3. The predicted molar refractivity (Wildman–Crippen MR) is 158 cm³/mol. The van der Waals surface area contributed by atoms with Gasteiger partial charge in [0, 0.05) is 31.9 Å². The van der Waals surface area contributed by atoms with Crippen molar-refractivity contribution in [2.45, 2.75) is 38.5 Å². The topological polar surface area (TPSA) is 161 Å². The second-order valence-electron chi connectivity index (χ2n) is 10.6. The monoisotopic (exact) mass is 597 g/mol. The largest absolute Gasteiger partial charge is 0.495 e. The Kier molecular flexibility index (Phi) is 10.6. The van der Waals surface area contributed by atoms with Crippen LogP contribution in [0, 0.1) is 6.92 Å². The number of aliphatic hydroxyl groups is 2. The molecule has 2 saturated heterocycles. The van der Waals surface area contributed by atoms with Gasteiger partial charge in [0.05, 0.1) is 45.0 Å². The number of hydrogen-bond donors (Lipinski definition) is 4. The van der Waals surface area contributed by atoms with Gasteiger partial charge < -0.3 is 40.1 Å². The number of benzene rings is 2. The summed E-state index contributed by atoms with van der Waals surface area (Å²) in [6.45, 7) is 5.34. The van der Waals surface area contributed by atoms with E-state index >= 15 is 0 Å². The summed E-state index contributed by atoms with van der Waals surface area (Å²) < 4.78 is 10.4. The molecule has 2 aromatic rings. The highest BCUT2D eigenvalue weighted by Crippen LogP contribution is 2.28. The smallest absolute Gasteiger partial charge is 0.323 e. The molecule has 43 heavy (non-hydrogen) atoms. The molecule has 3 unspecified atom stereocenters. The van der Waals surface area contributed by atoms with Crippen molar-refractivity contribution < 1.29 is 38.9 Å². The quantitative estimate of drug-likeness (QED) is 0.307. The molecule has 4 amide bonds. The molecule has 2 aliphatic rings. The molecule has 0 radical (unpaired) electrons. The summed E-state index contributed by atoms with van der Waals surface area (Å²) >= 11 is 0. The van der Waals surface area contributed by atoms with Crippen LogP contribution in [0.3, 0.4) is 0 Å². The minimum absolute atomic E-state index is 0.122. The Labute approximate surface area is 250 Å². The van der Waals surface area contributed by atoms with Crippen molar-refractivity contribution in [3.63, 3.8) is 0 Å². The third kappa shape index (κ3) is 7.80. The van der Waals surface area contributed by atoms with Crippen LogP contribution in [0.4, 0.5) is 16.2 Å². The van der Waals surface area contributed by atoms with Gasteiger partial charge in [0.1, 0.15) is 17.9 Å². The fourth-order valence-electron chi connectivity index (χ4n) is 5.27. The summed E-state index contributed by atoms with van der Waals surface area (Å²) in [4.78, 5) is 55.8. The maximum atomic E-state index is 13.4. The van der Waals surface area contributed by atoms with Gasteiger partial charge in [-0.1, -0.05) is 24.3 Å². The first-order valence-electron chi connectivity index (χ1n) is 14.2. The number of nitrogens with one attached hydrogen (secondary N) is 2. The van der Waals surface area contributed by atoms with Crippen LogP contribution in [0.2, 0.25) is 0 Å². The van der Waals surface area contributed by atoms with Crippen LogP contribution in [0.5, 0.6) is 5.75 Å². The van der Waals surface area contributed by atoms with Crippen molar-refractivity contribution in [3.8, 4) is 5.75 Å². The number of esters is 1. The number of carbonyl (C=O) groups is 4. The number of β-amino-alcohol motifs (C(OH)–C–C–N with tert-alkyl or cyclic N) is 1. The average molecular weight is 598 g/mol. The summed E-state index contributed by atoms with van der Waals surface area (Å²) in [6.07, 6.45) is -2.82.